The van der Waals surface area contributed by atoms with Crippen LogP contribution in [-0.2, 0) is 0 Å². The van der Waals surface area contributed by atoms with Crippen molar-refractivity contribution in [1.82, 2.24) is 14.8 Å². The highest BCUT2D eigenvalue weighted by Crippen LogP contribution is 2.28. The van der Waals surface area contributed by atoms with Crippen LogP contribution < -0.4 is 4.90 Å². The van der Waals surface area contributed by atoms with Gasteiger partial charge in [-0.3, -0.25) is 9.80 Å². The predicted molar refractivity (Wildman–Crippen MR) is 92.9 cm³/mol. The number of rotatable bonds is 3. The topological polar surface area (TPSA) is 35.8 Å². The van der Waals surface area contributed by atoms with Gasteiger partial charge in [-0.25, -0.2) is 4.39 Å². The Morgan fingerprint density at radius 3 is 2.67 bits per heavy atom. The number of anilines is 1. The number of halogens is 1. The van der Waals surface area contributed by atoms with Gasteiger partial charge in [0, 0.05) is 51.4 Å². The lowest BCUT2D eigenvalue weighted by Gasteiger charge is -2.39. The van der Waals surface area contributed by atoms with Crippen LogP contribution in [0.1, 0.15) is 20.3 Å². The van der Waals surface area contributed by atoms with Crippen LogP contribution in [0, 0.1) is 5.82 Å². The Morgan fingerprint density at radius 1 is 1.17 bits per heavy atom. The highest BCUT2D eigenvalue weighted by molar-refractivity contribution is 5.75. The van der Waals surface area contributed by atoms with Gasteiger partial charge in [0.2, 0.25) is 0 Å². The minimum atomic E-state index is -0.341. The van der Waals surface area contributed by atoms with Crippen molar-refractivity contribution in [3.63, 3.8) is 0 Å². The molecule has 0 N–H and O–H groups in total. The van der Waals surface area contributed by atoms with Crippen molar-refractivity contribution in [2.75, 3.05) is 44.2 Å². The van der Waals surface area contributed by atoms with E-state index in [0.29, 0.717) is 23.6 Å². The van der Waals surface area contributed by atoms with E-state index in [2.05, 4.69) is 33.5 Å². The number of hydrogen-bond acceptors (Lipinski definition) is 5. The molecule has 130 valence electrons. The van der Waals surface area contributed by atoms with Gasteiger partial charge in [-0.15, -0.1) is 0 Å². The molecule has 2 aromatic rings. The number of benzene rings is 1. The van der Waals surface area contributed by atoms with Gasteiger partial charge in [0.25, 0.3) is 6.01 Å². The van der Waals surface area contributed by atoms with E-state index in [1.54, 1.807) is 12.1 Å². The van der Waals surface area contributed by atoms with E-state index in [1.807, 2.05) is 0 Å². The maximum absolute atomic E-state index is 13.8. The number of hydrogen-bond donors (Lipinski definition) is 0. The first-order valence-electron chi connectivity index (χ1n) is 8.90. The second-order valence-corrected chi connectivity index (χ2v) is 7.14. The van der Waals surface area contributed by atoms with Crippen molar-refractivity contribution in [2.45, 2.75) is 32.4 Å². The number of para-hydroxylation sites is 1. The molecule has 2 saturated heterocycles. The Balaban J connectivity index is 1.42. The van der Waals surface area contributed by atoms with Crippen LogP contribution in [0.5, 0.6) is 0 Å². The molecule has 0 amide bonds. The number of fused-ring (bicyclic) bond motifs is 1. The second-order valence-electron chi connectivity index (χ2n) is 7.14. The summed E-state index contributed by atoms with van der Waals surface area (Å²) in [5.41, 5.74) is 0.862. The van der Waals surface area contributed by atoms with E-state index < -0.39 is 0 Å². The number of aromatic nitrogens is 1. The lowest BCUT2D eigenvalue weighted by molar-refractivity contribution is 0.0842. The summed E-state index contributed by atoms with van der Waals surface area (Å²) in [4.78, 5) is 11.7. The van der Waals surface area contributed by atoms with Gasteiger partial charge in [0.1, 0.15) is 5.52 Å². The monoisotopic (exact) mass is 332 g/mol. The molecule has 0 radical (unpaired) electrons. The quantitative estimate of drug-likeness (QED) is 0.863. The van der Waals surface area contributed by atoms with Crippen LogP contribution in [0.15, 0.2) is 22.6 Å². The maximum Gasteiger partial charge on any atom is 0.298 e. The Morgan fingerprint density at radius 2 is 1.96 bits per heavy atom. The molecule has 3 heterocycles. The molecule has 4 rings (SSSR count). The summed E-state index contributed by atoms with van der Waals surface area (Å²) in [5, 5.41) is 0. The summed E-state index contributed by atoms with van der Waals surface area (Å²) in [6, 6.07) is 6.60. The van der Waals surface area contributed by atoms with Crippen LogP contribution in [-0.4, -0.2) is 66.1 Å². The minimum absolute atomic E-state index is 0.265. The molecule has 1 unspecified atom stereocenters. The molecular formula is C18H25FN4O. The van der Waals surface area contributed by atoms with Crippen molar-refractivity contribution in [3.8, 4) is 0 Å². The Hall–Kier alpha value is -1.66. The van der Waals surface area contributed by atoms with Crippen LogP contribution in [0.2, 0.25) is 0 Å². The molecular weight excluding hydrogens is 307 g/mol. The molecule has 1 aromatic carbocycles. The summed E-state index contributed by atoms with van der Waals surface area (Å²) >= 11 is 0. The van der Waals surface area contributed by atoms with Gasteiger partial charge in [0.05, 0.1) is 0 Å². The summed E-state index contributed by atoms with van der Waals surface area (Å²) in [6.07, 6.45) is 1.11. The van der Waals surface area contributed by atoms with Gasteiger partial charge in [-0.05, 0) is 32.4 Å². The molecule has 2 aliphatic heterocycles. The van der Waals surface area contributed by atoms with E-state index >= 15 is 0 Å². The SMILES string of the molecule is CC(C)N1CCN(C2CCN(c3nc4cccc(F)c4o3)C2)CC1. The van der Waals surface area contributed by atoms with Crippen LogP contribution >= 0.6 is 0 Å². The fourth-order valence-electron chi connectivity index (χ4n) is 3.87. The highest BCUT2D eigenvalue weighted by atomic mass is 19.1. The second kappa shape index (κ2) is 6.33. The zero-order valence-electron chi connectivity index (χ0n) is 14.4. The third-order valence-electron chi connectivity index (χ3n) is 5.39. The Bertz CT molecular complexity index is 708. The molecule has 6 heteroatoms. The van der Waals surface area contributed by atoms with Crippen molar-refractivity contribution >= 4 is 17.1 Å². The normalized spacial score (nSPS) is 23.7. The van der Waals surface area contributed by atoms with Crippen molar-refractivity contribution in [3.05, 3.63) is 24.0 Å². The van der Waals surface area contributed by atoms with E-state index in [9.17, 15) is 4.39 Å². The number of oxazole rings is 1. The molecule has 24 heavy (non-hydrogen) atoms. The van der Waals surface area contributed by atoms with Crippen molar-refractivity contribution in [2.24, 2.45) is 0 Å². The average molecular weight is 332 g/mol. The Labute approximate surface area is 142 Å². The van der Waals surface area contributed by atoms with E-state index in [0.717, 1.165) is 45.7 Å². The fourth-order valence-corrected chi connectivity index (χ4v) is 3.87. The molecule has 2 aliphatic rings. The lowest BCUT2D eigenvalue weighted by Crippen LogP contribution is -2.52. The van der Waals surface area contributed by atoms with Gasteiger partial charge < -0.3 is 9.32 Å². The zero-order chi connectivity index (χ0) is 16.7. The highest BCUT2D eigenvalue weighted by Gasteiger charge is 2.32. The van der Waals surface area contributed by atoms with Gasteiger partial charge in [0.15, 0.2) is 11.4 Å². The van der Waals surface area contributed by atoms with E-state index in [-0.39, 0.29) is 11.4 Å². The summed E-state index contributed by atoms with van der Waals surface area (Å²) < 4.78 is 19.5. The molecule has 0 spiro atoms. The first-order valence-corrected chi connectivity index (χ1v) is 8.90. The molecule has 1 atom stereocenters. The summed E-state index contributed by atoms with van der Waals surface area (Å²) in [6.45, 7) is 10.9. The lowest BCUT2D eigenvalue weighted by atomic mass is 10.1. The van der Waals surface area contributed by atoms with E-state index in [4.69, 9.17) is 4.42 Å². The van der Waals surface area contributed by atoms with Crippen LogP contribution in [0.3, 0.4) is 0 Å². The number of nitrogens with zero attached hydrogens (tertiary/aromatic N) is 4. The van der Waals surface area contributed by atoms with Gasteiger partial charge >= 0.3 is 0 Å². The molecule has 1 aromatic heterocycles. The average Bonchev–Trinajstić information content (AvgIpc) is 3.22. The summed E-state index contributed by atoms with van der Waals surface area (Å²) in [7, 11) is 0. The Kier molecular flexibility index (Phi) is 4.18. The first kappa shape index (κ1) is 15.8. The molecule has 0 aliphatic carbocycles. The minimum Gasteiger partial charge on any atom is -0.420 e. The molecule has 0 saturated carbocycles. The third-order valence-corrected chi connectivity index (χ3v) is 5.39. The third kappa shape index (κ3) is 2.89. The fraction of sp³-hybridized carbons (Fsp3) is 0.611. The molecule has 5 nitrogen and oxygen atoms in total. The predicted octanol–water partition coefficient (Wildman–Crippen LogP) is 2.57. The van der Waals surface area contributed by atoms with Gasteiger partial charge in [-0.2, -0.15) is 4.98 Å². The zero-order valence-corrected chi connectivity index (χ0v) is 14.4. The van der Waals surface area contributed by atoms with Crippen molar-refractivity contribution in [1.29, 1.82) is 0 Å². The first-order chi connectivity index (χ1) is 11.6. The largest absolute Gasteiger partial charge is 0.420 e. The number of piperazine rings is 1. The van der Waals surface area contributed by atoms with E-state index in [1.165, 1.54) is 6.07 Å². The summed E-state index contributed by atoms with van der Waals surface area (Å²) in [5.74, 6) is -0.341. The molecule has 0 bridgehead atoms. The van der Waals surface area contributed by atoms with Crippen LogP contribution in [0.25, 0.3) is 11.1 Å². The van der Waals surface area contributed by atoms with Crippen molar-refractivity contribution < 1.29 is 8.81 Å². The smallest absolute Gasteiger partial charge is 0.298 e. The standard InChI is InChI=1S/C18H25FN4O/c1-13(2)21-8-10-22(11-9-21)14-6-7-23(12-14)18-20-16-5-3-4-15(19)17(16)24-18/h3-5,13-14H,6-12H2,1-2H3. The maximum atomic E-state index is 13.8. The van der Waals surface area contributed by atoms with Crippen LogP contribution in [0.4, 0.5) is 10.4 Å². The van der Waals surface area contributed by atoms with Gasteiger partial charge in [-0.1, -0.05) is 6.07 Å². The molecule has 2 fully saturated rings.